The third-order valence-electron chi connectivity index (χ3n) is 3.36. The van der Waals surface area contributed by atoms with E-state index in [-0.39, 0.29) is 0 Å². The molecule has 1 aliphatic heterocycles. The molecule has 0 aromatic heterocycles. The third kappa shape index (κ3) is 4.35. The average molecular weight is 308 g/mol. The molecule has 6 heteroatoms. The molecule has 0 atom stereocenters. The Labute approximate surface area is 130 Å². The van der Waals surface area contributed by atoms with Crippen molar-refractivity contribution in [2.24, 2.45) is 0 Å². The Hall–Kier alpha value is -1.79. The number of anilines is 1. The molecule has 0 radical (unpaired) electrons. The highest BCUT2D eigenvalue weighted by atomic mass is 16.6. The van der Waals surface area contributed by atoms with E-state index in [2.05, 4.69) is 10.6 Å². The van der Waals surface area contributed by atoms with Crippen LogP contribution in [0.25, 0.3) is 0 Å². The van der Waals surface area contributed by atoms with Crippen LogP contribution in [0.15, 0.2) is 18.2 Å². The van der Waals surface area contributed by atoms with Crippen molar-refractivity contribution in [1.82, 2.24) is 5.32 Å². The van der Waals surface area contributed by atoms with Crippen LogP contribution in [0.2, 0.25) is 0 Å². The molecule has 1 aromatic carbocycles. The molecule has 0 saturated carbocycles. The normalized spacial score (nSPS) is 16.6. The minimum Gasteiger partial charge on any atom is -0.496 e. The second kappa shape index (κ2) is 6.14. The maximum Gasteiger partial charge on any atom is 0.412 e. The fraction of sp³-hybridized carbons (Fsp3) is 0.562. The zero-order valence-corrected chi connectivity index (χ0v) is 13.5. The van der Waals surface area contributed by atoms with Gasteiger partial charge in [0.2, 0.25) is 0 Å². The first kappa shape index (κ1) is 16.6. The second-order valence-electron chi connectivity index (χ2n) is 6.66. The first-order chi connectivity index (χ1) is 10.2. The molecule has 1 amide bonds. The summed E-state index contributed by atoms with van der Waals surface area (Å²) in [6.07, 6.45) is -0.000258. The van der Waals surface area contributed by atoms with Crippen molar-refractivity contribution in [3.8, 4) is 5.75 Å². The monoisotopic (exact) mass is 308 g/mol. The number of amides is 1. The molecule has 1 fully saturated rings. The van der Waals surface area contributed by atoms with Gasteiger partial charge < -0.3 is 19.9 Å². The standard InChI is InChI=1S/C16H24N2O4/c1-15(2,3)22-14(19)18-12-6-5-11(13(7-12)21-4)8-16(20)9-17-10-16/h5-7,17,20H,8-10H2,1-4H3,(H,18,19). The lowest BCUT2D eigenvalue weighted by Gasteiger charge is -2.38. The van der Waals surface area contributed by atoms with Crippen LogP contribution in [0.3, 0.4) is 0 Å². The summed E-state index contributed by atoms with van der Waals surface area (Å²) in [6.45, 7) is 6.58. The van der Waals surface area contributed by atoms with Crippen molar-refractivity contribution in [2.45, 2.75) is 38.4 Å². The molecular weight excluding hydrogens is 284 g/mol. The number of carbonyl (C=O) groups is 1. The molecule has 122 valence electrons. The Kier molecular flexibility index (Phi) is 4.63. The van der Waals surface area contributed by atoms with Crippen LogP contribution in [-0.4, -0.2) is 42.6 Å². The number of hydrogen-bond donors (Lipinski definition) is 3. The van der Waals surface area contributed by atoms with Gasteiger partial charge in [-0.05, 0) is 32.4 Å². The molecule has 1 aromatic rings. The average Bonchev–Trinajstić information content (AvgIpc) is 2.36. The molecule has 3 N–H and O–H groups in total. The van der Waals surface area contributed by atoms with Gasteiger partial charge in [0.1, 0.15) is 11.4 Å². The highest BCUT2D eigenvalue weighted by Gasteiger charge is 2.35. The molecule has 0 aliphatic carbocycles. The zero-order valence-electron chi connectivity index (χ0n) is 13.5. The van der Waals surface area contributed by atoms with Gasteiger partial charge in [-0.15, -0.1) is 0 Å². The van der Waals surface area contributed by atoms with Crippen molar-refractivity contribution >= 4 is 11.8 Å². The van der Waals surface area contributed by atoms with E-state index in [9.17, 15) is 9.90 Å². The summed E-state index contributed by atoms with van der Waals surface area (Å²) in [6, 6.07) is 5.35. The largest absolute Gasteiger partial charge is 0.496 e. The maximum absolute atomic E-state index is 11.8. The Morgan fingerprint density at radius 3 is 2.59 bits per heavy atom. The lowest BCUT2D eigenvalue weighted by molar-refractivity contribution is -0.00943. The first-order valence-corrected chi connectivity index (χ1v) is 7.31. The van der Waals surface area contributed by atoms with Gasteiger partial charge >= 0.3 is 6.09 Å². The van der Waals surface area contributed by atoms with Gasteiger partial charge in [0.25, 0.3) is 0 Å². The summed E-state index contributed by atoms with van der Waals surface area (Å²) in [5, 5.41) is 15.9. The summed E-state index contributed by atoms with van der Waals surface area (Å²) in [5.74, 6) is 0.633. The molecule has 0 bridgehead atoms. The zero-order chi connectivity index (χ0) is 16.4. The van der Waals surface area contributed by atoms with Gasteiger partial charge in [-0.2, -0.15) is 0 Å². The van der Waals surface area contributed by atoms with Crippen molar-refractivity contribution < 1.29 is 19.4 Å². The van der Waals surface area contributed by atoms with Gasteiger partial charge in [0.15, 0.2) is 0 Å². The number of nitrogens with one attached hydrogen (secondary N) is 2. The van der Waals surface area contributed by atoms with E-state index in [1.807, 2.05) is 26.8 Å². The van der Waals surface area contributed by atoms with Crippen LogP contribution in [0.4, 0.5) is 10.5 Å². The quantitative estimate of drug-likeness (QED) is 0.792. The van der Waals surface area contributed by atoms with Crippen molar-refractivity contribution in [3.05, 3.63) is 23.8 Å². The van der Waals surface area contributed by atoms with E-state index in [0.717, 1.165) is 5.56 Å². The highest BCUT2D eigenvalue weighted by Crippen LogP contribution is 2.28. The number of hydrogen-bond acceptors (Lipinski definition) is 5. The first-order valence-electron chi connectivity index (χ1n) is 7.31. The van der Waals surface area contributed by atoms with E-state index in [0.29, 0.717) is 30.9 Å². The van der Waals surface area contributed by atoms with Crippen LogP contribution < -0.4 is 15.4 Å². The summed E-state index contributed by atoms with van der Waals surface area (Å²) < 4.78 is 10.6. The van der Waals surface area contributed by atoms with Crippen LogP contribution in [-0.2, 0) is 11.2 Å². The van der Waals surface area contributed by atoms with Gasteiger partial charge in [-0.1, -0.05) is 6.07 Å². The number of carbonyl (C=O) groups excluding carboxylic acids is 1. The fourth-order valence-electron chi connectivity index (χ4n) is 2.28. The SMILES string of the molecule is COc1cc(NC(=O)OC(C)(C)C)ccc1CC1(O)CNC1. The molecule has 22 heavy (non-hydrogen) atoms. The van der Waals surface area contributed by atoms with E-state index >= 15 is 0 Å². The summed E-state index contributed by atoms with van der Waals surface area (Å²) >= 11 is 0. The topological polar surface area (TPSA) is 79.8 Å². The van der Waals surface area contributed by atoms with E-state index in [4.69, 9.17) is 9.47 Å². The van der Waals surface area contributed by atoms with Gasteiger partial charge in [0, 0.05) is 31.3 Å². The number of β-amino-alcohol motifs (C(OH)–C–C–N with tert-alkyl or cyclic N) is 1. The Morgan fingerprint density at radius 2 is 2.09 bits per heavy atom. The molecule has 1 saturated heterocycles. The van der Waals surface area contributed by atoms with E-state index < -0.39 is 17.3 Å². The molecular formula is C16H24N2O4. The molecule has 0 unspecified atom stereocenters. The lowest BCUT2D eigenvalue weighted by Crippen LogP contribution is -2.60. The van der Waals surface area contributed by atoms with Crippen molar-refractivity contribution in [3.63, 3.8) is 0 Å². The van der Waals surface area contributed by atoms with Crippen LogP contribution in [0, 0.1) is 0 Å². The second-order valence-corrected chi connectivity index (χ2v) is 6.66. The number of benzene rings is 1. The minimum absolute atomic E-state index is 0.510. The van der Waals surface area contributed by atoms with Crippen LogP contribution >= 0.6 is 0 Å². The Bertz CT molecular complexity index is 548. The van der Waals surface area contributed by atoms with E-state index in [1.54, 1.807) is 19.2 Å². The lowest BCUT2D eigenvalue weighted by atomic mass is 9.89. The minimum atomic E-state index is -0.715. The van der Waals surface area contributed by atoms with E-state index in [1.165, 1.54) is 0 Å². The third-order valence-corrected chi connectivity index (χ3v) is 3.36. The smallest absolute Gasteiger partial charge is 0.412 e. The summed E-state index contributed by atoms with van der Waals surface area (Å²) in [7, 11) is 1.57. The van der Waals surface area contributed by atoms with Crippen molar-refractivity contribution in [2.75, 3.05) is 25.5 Å². The number of methoxy groups -OCH3 is 1. The van der Waals surface area contributed by atoms with Crippen LogP contribution in [0.5, 0.6) is 5.75 Å². The fourth-order valence-corrected chi connectivity index (χ4v) is 2.28. The molecule has 1 heterocycles. The molecule has 1 aliphatic rings. The van der Waals surface area contributed by atoms with Crippen LogP contribution in [0.1, 0.15) is 26.3 Å². The predicted octanol–water partition coefficient (Wildman–Crippen LogP) is 1.92. The number of ether oxygens (including phenoxy) is 2. The Balaban J connectivity index is 2.06. The van der Waals surface area contributed by atoms with Gasteiger partial charge in [-0.25, -0.2) is 4.79 Å². The number of rotatable bonds is 4. The molecule has 6 nitrogen and oxygen atoms in total. The van der Waals surface area contributed by atoms with Gasteiger partial charge in [-0.3, -0.25) is 5.32 Å². The van der Waals surface area contributed by atoms with Gasteiger partial charge in [0.05, 0.1) is 12.7 Å². The predicted molar refractivity (Wildman–Crippen MR) is 84.4 cm³/mol. The molecule has 2 rings (SSSR count). The van der Waals surface area contributed by atoms with Crippen molar-refractivity contribution in [1.29, 1.82) is 0 Å². The summed E-state index contributed by atoms with van der Waals surface area (Å²) in [4.78, 5) is 11.8. The highest BCUT2D eigenvalue weighted by molar-refractivity contribution is 5.85. The summed E-state index contributed by atoms with van der Waals surface area (Å²) in [5.41, 5.74) is 0.233. The Morgan fingerprint density at radius 1 is 1.41 bits per heavy atom. The molecule has 0 spiro atoms. The number of aliphatic hydroxyl groups is 1. The maximum atomic E-state index is 11.8.